The van der Waals surface area contributed by atoms with Gasteiger partial charge in [-0.15, -0.1) is 24.0 Å². The molecule has 0 bridgehead atoms. The van der Waals surface area contributed by atoms with Gasteiger partial charge >= 0.3 is 0 Å². The first kappa shape index (κ1) is 22.3. The van der Waals surface area contributed by atoms with Gasteiger partial charge in [0.05, 0.1) is 10.0 Å². The Labute approximate surface area is 164 Å². The minimum atomic E-state index is -0.189. The highest BCUT2D eigenvalue weighted by molar-refractivity contribution is 14.0. The lowest BCUT2D eigenvalue weighted by Crippen LogP contribution is -2.42. The van der Waals surface area contributed by atoms with E-state index in [4.69, 9.17) is 23.2 Å². The smallest absolute Gasteiger partial charge is 0.251 e. The van der Waals surface area contributed by atoms with Gasteiger partial charge in [-0.2, -0.15) is 0 Å². The monoisotopic (exact) mass is 472 g/mol. The van der Waals surface area contributed by atoms with Gasteiger partial charge in [-0.3, -0.25) is 9.79 Å². The Kier molecular flexibility index (Phi) is 11.4. The molecule has 1 amide bonds. The van der Waals surface area contributed by atoms with Crippen molar-refractivity contribution in [1.82, 2.24) is 16.0 Å². The summed E-state index contributed by atoms with van der Waals surface area (Å²) in [6, 6.07) is 4.80. The number of benzene rings is 1. The van der Waals surface area contributed by atoms with Crippen LogP contribution in [0.25, 0.3) is 0 Å². The molecule has 0 saturated heterocycles. The number of hydrogen-bond donors (Lipinski definition) is 3. The van der Waals surface area contributed by atoms with E-state index in [1.54, 1.807) is 25.2 Å². The van der Waals surface area contributed by atoms with Crippen molar-refractivity contribution < 1.29 is 4.79 Å². The molecule has 0 fully saturated rings. The fourth-order valence-corrected chi connectivity index (χ4v) is 1.92. The van der Waals surface area contributed by atoms with Gasteiger partial charge in [0.2, 0.25) is 0 Å². The van der Waals surface area contributed by atoms with Crippen LogP contribution in [0.4, 0.5) is 0 Å². The zero-order chi connectivity index (χ0) is 16.5. The summed E-state index contributed by atoms with van der Waals surface area (Å²) in [4.78, 5) is 16.1. The normalized spacial score (nSPS) is 11.0. The van der Waals surface area contributed by atoms with Crippen molar-refractivity contribution in [2.75, 3.05) is 26.7 Å². The lowest BCUT2D eigenvalue weighted by Gasteiger charge is -2.13. The van der Waals surface area contributed by atoms with Crippen LogP contribution in [0.15, 0.2) is 23.2 Å². The summed E-state index contributed by atoms with van der Waals surface area (Å²) < 4.78 is 0. The number of hydrogen-bond acceptors (Lipinski definition) is 2. The first-order chi connectivity index (χ1) is 10.4. The van der Waals surface area contributed by atoms with Crippen LogP contribution in [-0.2, 0) is 0 Å². The lowest BCUT2D eigenvalue weighted by molar-refractivity contribution is 0.0954. The van der Waals surface area contributed by atoms with E-state index in [0.29, 0.717) is 34.6 Å². The van der Waals surface area contributed by atoms with Crippen LogP contribution < -0.4 is 16.0 Å². The van der Waals surface area contributed by atoms with Gasteiger partial charge in [0.1, 0.15) is 0 Å². The maximum absolute atomic E-state index is 12.0. The number of carbonyl (C=O) groups is 1. The van der Waals surface area contributed by atoms with Gasteiger partial charge in [0.25, 0.3) is 5.91 Å². The summed E-state index contributed by atoms with van der Waals surface area (Å²) in [5.41, 5.74) is 0.483. The first-order valence-corrected chi connectivity index (χ1v) is 7.87. The maximum Gasteiger partial charge on any atom is 0.251 e. The highest BCUT2D eigenvalue weighted by Gasteiger charge is 2.07. The molecule has 3 N–H and O–H groups in total. The summed E-state index contributed by atoms with van der Waals surface area (Å²) in [7, 11) is 1.71. The predicted octanol–water partition coefficient (Wildman–Crippen LogP) is 3.16. The molecule has 0 spiro atoms. The fourth-order valence-electron chi connectivity index (χ4n) is 1.62. The van der Waals surface area contributed by atoms with Crippen LogP contribution in [0.2, 0.25) is 10.0 Å². The molecule has 0 aliphatic rings. The van der Waals surface area contributed by atoms with Crippen molar-refractivity contribution in [3.63, 3.8) is 0 Å². The molecule has 0 atom stereocenters. The highest BCUT2D eigenvalue weighted by Crippen LogP contribution is 2.22. The molecule has 0 aliphatic carbocycles. The molecule has 130 valence electrons. The zero-order valence-corrected chi connectivity index (χ0v) is 17.3. The lowest BCUT2D eigenvalue weighted by atomic mass is 10.2. The Hall–Kier alpha value is -0.730. The second kappa shape index (κ2) is 11.8. The average molecular weight is 473 g/mol. The number of amides is 1. The van der Waals surface area contributed by atoms with Crippen LogP contribution >= 0.6 is 47.2 Å². The molecule has 1 rings (SSSR count). The molecule has 0 saturated carbocycles. The van der Waals surface area contributed by atoms with E-state index in [9.17, 15) is 4.79 Å². The molecular weight excluding hydrogens is 450 g/mol. The molecule has 0 radical (unpaired) electrons. The summed E-state index contributed by atoms with van der Waals surface area (Å²) in [6.45, 7) is 6.14. The molecular formula is C15H23Cl2IN4O. The zero-order valence-electron chi connectivity index (χ0n) is 13.5. The van der Waals surface area contributed by atoms with Gasteiger partial charge in [-0.25, -0.2) is 0 Å². The Balaban J connectivity index is 0.00000484. The molecule has 23 heavy (non-hydrogen) atoms. The van der Waals surface area contributed by atoms with E-state index >= 15 is 0 Å². The number of nitrogens with one attached hydrogen (secondary N) is 3. The summed E-state index contributed by atoms with van der Waals surface area (Å²) >= 11 is 11.7. The number of halogens is 3. The SMILES string of the molecule is CN=C(NCCNC(=O)c1ccc(Cl)c(Cl)c1)NCC(C)C.I. The first-order valence-electron chi connectivity index (χ1n) is 7.11. The molecule has 5 nitrogen and oxygen atoms in total. The molecule has 0 heterocycles. The minimum Gasteiger partial charge on any atom is -0.356 e. The van der Waals surface area contributed by atoms with Gasteiger partial charge in [-0.1, -0.05) is 37.0 Å². The van der Waals surface area contributed by atoms with Crippen LogP contribution in [0.3, 0.4) is 0 Å². The number of rotatable bonds is 6. The minimum absolute atomic E-state index is 0. The van der Waals surface area contributed by atoms with E-state index in [0.717, 1.165) is 12.5 Å². The maximum atomic E-state index is 12.0. The number of aliphatic imine (C=N–C) groups is 1. The molecule has 0 aliphatic heterocycles. The van der Waals surface area contributed by atoms with Crippen LogP contribution in [0.1, 0.15) is 24.2 Å². The molecule has 8 heteroatoms. The second-order valence-corrected chi connectivity index (χ2v) is 5.97. The summed E-state index contributed by atoms with van der Waals surface area (Å²) in [6.07, 6.45) is 0. The average Bonchev–Trinajstić information content (AvgIpc) is 2.48. The second-order valence-electron chi connectivity index (χ2n) is 5.16. The number of guanidine groups is 1. The van der Waals surface area contributed by atoms with E-state index in [1.807, 2.05) is 0 Å². The van der Waals surface area contributed by atoms with Crippen LogP contribution in [-0.4, -0.2) is 38.5 Å². The predicted molar refractivity (Wildman–Crippen MR) is 108 cm³/mol. The van der Waals surface area contributed by atoms with Crippen molar-refractivity contribution in [1.29, 1.82) is 0 Å². The summed E-state index contributed by atoms with van der Waals surface area (Å²) in [5, 5.41) is 9.93. The van der Waals surface area contributed by atoms with Gasteiger partial charge in [-0.05, 0) is 24.1 Å². The molecule has 1 aromatic carbocycles. The van der Waals surface area contributed by atoms with Crippen LogP contribution in [0, 0.1) is 5.92 Å². The van der Waals surface area contributed by atoms with Gasteiger partial charge in [0, 0.05) is 32.2 Å². The van der Waals surface area contributed by atoms with Crippen molar-refractivity contribution in [3.8, 4) is 0 Å². The molecule has 0 aromatic heterocycles. The Morgan fingerprint density at radius 3 is 2.35 bits per heavy atom. The van der Waals surface area contributed by atoms with Crippen molar-refractivity contribution in [2.45, 2.75) is 13.8 Å². The third-order valence-corrected chi connectivity index (χ3v) is 3.53. The Morgan fingerprint density at radius 2 is 1.78 bits per heavy atom. The quantitative estimate of drug-likeness (QED) is 0.258. The van der Waals surface area contributed by atoms with Crippen molar-refractivity contribution >= 4 is 59.0 Å². The Morgan fingerprint density at radius 1 is 1.13 bits per heavy atom. The number of nitrogens with zero attached hydrogens (tertiary/aromatic N) is 1. The third-order valence-electron chi connectivity index (χ3n) is 2.79. The van der Waals surface area contributed by atoms with E-state index in [2.05, 4.69) is 34.8 Å². The Bertz CT molecular complexity index is 538. The molecule has 0 unspecified atom stereocenters. The number of carbonyl (C=O) groups excluding carboxylic acids is 1. The largest absolute Gasteiger partial charge is 0.356 e. The third kappa shape index (κ3) is 8.62. The standard InChI is InChI=1S/C15H22Cl2N4O.HI/c1-10(2)9-21-15(18-3)20-7-6-19-14(22)11-4-5-12(16)13(17)8-11;/h4-5,8,10H,6-7,9H2,1-3H3,(H,19,22)(H2,18,20,21);1H. The molecule has 1 aromatic rings. The van der Waals surface area contributed by atoms with E-state index < -0.39 is 0 Å². The van der Waals surface area contributed by atoms with E-state index in [-0.39, 0.29) is 29.9 Å². The summed E-state index contributed by atoms with van der Waals surface area (Å²) in [5.74, 6) is 1.07. The highest BCUT2D eigenvalue weighted by atomic mass is 127. The topological polar surface area (TPSA) is 65.5 Å². The van der Waals surface area contributed by atoms with Gasteiger partial charge in [0.15, 0.2) is 5.96 Å². The van der Waals surface area contributed by atoms with E-state index in [1.165, 1.54) is 0 Å². The fraction of sp³-hybridized carbons (Fsp3) is 0.467. The van der Waals surface area contributed by atoms with Gasteiger partial charge < -0.3 is 16.0 Å². The van der Waals surface area contributed by atoms with Crippen molar-refractivity contribution in [2.24, 2.45) is 10.9 Å². The van der Waals surface area contributed by atoms with Crippen LogP contribution in [0.5, 0.6) is 0 Å². The van der Waals surface area contributed by atoms with Crippen molar-refractivity contribution in [3.05, 3.63) is 33.8 Å².